The van der Waals surface area contributed by atoms with Crippen LogP contribution in [-0.2, 0) is 6.54 Å². The summed E-state index contributed by atoms with van der Waals surface area (Å²) in [6.45, 7) is 6.06. The van der Waals surface area contributed by atoms with Crippen molar-refractivity contribution in [2.45, 2.75) is 20.4 Å². The summed E-state index contributed by atoms with van der Waals surface area (Å²) in [6, 6.07) is 8.08. The maximum absolute atomic E-state index is 5.86. The van der Waals surface area contributed by atoms with E-state index in [2.05, 4.69) is 25.2 Å². The minimum absolute atomic E-state index is 0.139. The Balaban J connectivity index is 2.42. The lowest BCUT2D eigenvalue weighted by Crippen LogP contribution is -2.30. The van der Waals surface area contributed by atoms with Gasteiger partial charge in [0.15, 0.2) is 0 Å². The molecule has 0 aromatic heterocycles. The van der Waals surface area contributed by atoms with E-state index in [4.69, 9.17) is 16.3 Å². The molecule has 1 aromatic carbocycles. The van der Waals surface area contributed by atoms with E-state index in [9.17, 15) is 0 Å². The molecule has 0 fully saturated rings. The van der Waals surface area contributed by atoms with Gasteiger partial charge in [0.1, 0.15) is 5.75 Å². The molecule has 0 saturated carbocycles. The number of ether oxygens (including phenoxy) is 1. The van der Waals surface area contributed by atoms with Gasteiger partial charge in [-0.3, -0.25) is 0 Å². The summed E-state index contributed by atoms with van der Waals surface area (Å²) < 4.78 is 5.17. The first-order valence-corrected chi connectivity index (χ1v) is 6.00. The van der Waals surface area contributed by atoms with Crippen LogP contribution in [0.25, 0.3) is 0 Å². The normalized spacial score (nSPS) is 11.5. The molecule has 0 bridgehead atoms. The molecule has 1 rings (SSSR count). The third-order valence-electron chi connectivity index (χ3n) is 2.43. The lowest BCUT2D eigenvalue weighted by atomic mass is 9.96. The van der Waals surface area contributed by atoms with Crippen molar-refractivity contribution in [1.82, 2.24) is 5.32 Å². The van der Waals surface area contributed by atoms with E-state index in [1.807, 2.05) is 18.2 Å². The number of rotatable bonds is 6. The largest absolute Gasteiger partial charge is 0.497 e. The number of alkyl halides is 1. The molecule has 2 nitrogen and oxygen atoms in total. The van der Waals surface area contributed by atoms with Gasteiger partial charge in [-0.25, -0.2) is 0 Å². The van der Waals surface area contributed by atoms with Crippen molar-refractivity contribution in [3.8, 4) is 5.75 Å². The average Bonchev–Trinajstić information content (AvgIpc) is 2.29. The fraction of sp³-hybridized carbons (Fsp3) is 0.538. The van der Waals surface area contributed by atoms with Crippen molar-refractivity contribution in [2.75, 3.05) is 19.5 Å². The van der Waals surface area contributed by atoms with Gasteiger partial charge < -0.3 is 10.1 Å². The van der Waals surface area contributed by atoms with Gasteiger partial charge in [-0.15, -0.1) is 11.6 Å². The fourth-order valence-electron chi connectivity index (χ4n) is 1.37. The molecule has 0 heterocycles. The minimum Gasteiger partial charge on any atom is -0.497 e. The van der Waals surface area contributed by atoms with E-state index in [0.29, 0.717) is 5.88 Å². The van der Waals surface area contributed by atoms with E-state index < -0.39 is 0 Å². The van der Waals surface area contributed by atoms with Gasteiger partial charge in [0.05, 0.1) is 7.11 Å². The predicted octanol–water partition coefficient (Wildman–Crippen LogP) is 3.05. The molecule has 0 atom stereocenters. The number of hydrogen-bond acceptors (Lipinski definition) is 2. The standard InChI is InChI=1S/C13H20ClNO/c1-13(2,9-14)10-15-8-11-5-4-6-12(7-11)16-3/h4-7,15H,8-10H2,1-3H3. The zero-order chi connectivity index (χ0) is 12.0. The summed E-state index contributed by atoms with van der Waals surface area (Å²) in [5, 5.41) is 3.40. The maximum Gasteiger partial charge on any atom is 0.119 e. The van der Waals surface area contributed by atoms with Crippen LogP contribution in [0.3, 0.4) is 0 Å². The zero-order valence-electron chi connectivity index (χ0n) is 10.2. The van der Waals surface area contributed by atoms with E-state index in [1.165, 1.54) is 5.56 Å². The quantitative estimate of drug-likeness (QED) is 0.773. The minimum atomic E-state index is 0.139. The lowest BCUT2D eigenvalue weighted by Gasteiger charge is -2.21. The van der Waals surface area contributed by atoms with Crippen molar-refractivity contribution in [1.29, 1.82) is 0 Å². The van der Waals surface area contributed by atoms with Gasteiger partial charge in [0.25, 0.3) is 0 Å². The summed E-state index contributed by atoms with van der Waals surface area (Å²) in [5.41, 5.74) is 1.37. The Kier molecular flexibility index (Phi) is 5.10. The number of benzene rings is 1. The van der Waals surface area contributed by atoms with Crippen LogP contribution in [-0.4, -0.2) is 19.5 Å². The maximum atomic E-state index is 5.86. The van der Waals surface area contributed by atoms with Crippen LogP contribution in [0.5, 0.6) is 5.75 Å². The van der Waals surface area contributed by atoms with Gasteiger partial charge in [-0.1, -0.05) is 26.0 Å². The Hall–Kier alpha value is -0.730. The molecule has 16 heavy (non-hydrogen) atoms. The molecule has 0 spiro atoms. The van der Waals surface area contributed by atoms with Crippen molar-refractivity contribution >= 4 is 11.6 Å². The molecule has 90 valence electrons. The summed E-state index contributed by atoms with van der Waals surface area (Å²) >= 11 is 5.86. The molecule has 3 heteroatoms. The molecule has 1 N–H and O–H groups in total. The molecule has 0 amide bonds. The van der Waals surface area contributed by atoms with Crippen LogP contribution in [0, 0.1) is 5.41 Å². The molecular weight excluding hydrogens is 222 g/mol. The molecule has 0 unspecified atom stereocenters. The smallest absolute Gasteiger partial charge is 0.119 e. The van der Waals surface area contributed by atoms with Crippen molar-refractivity contribution in [2.24, 2.45) is 5.41 Å². The number of nitrogens with one attached hydrogen (secondary N) is 1. The first-order chi connectivity index (χ1) is 7.57. The Bertz CT molecular complexity index is 325. The molecule has 1 aromatic rings. The van der Waals surface area contributed by atoms with Crippen LogP contribution in [0.15, 0.2) is 24.3 Å². The highest BCUT2D eigenvalue weighted by atomic mass is 35.5. The highest BCUT2D eigenvalue weighted by Gasteiger charge is 2.15. The van der Waals surface area contributed by atoms with Crippen LogP contribution in [0.4, 0.5) is 0 Å². The summed E-state index contributed by atoms with van der Waals surface area (Å²) in [5.74, 6) is 1.56. The first-order valence-electron chi connectivity index (χ1n) is 5.47. The molecule has 0 aliphatic carbocycles. The van der Waals surface area contributed by atoms with Gasteiger partial charge in [0.2, 0.25) is 0 Å². The summed E-state index contributed by atoms with van der Waals surface area (Å²) in [7, 11) is 1.68. The highest BCUT2D eigenvalue weighted by molar-refractivity contribution is 6.18. The van der Waals surface area contributed by atoms with Crippen molar-refractivity contribution < 1.29 is 4.74 Å². The third-order valence-corrected chi connectivity index (χ3v) is 3.15. The zero-order valence-corrected chi connectivity index (χ0v) is 11.0. The molecule has 0 saturated heterocycles. The van der Waals surface area contributed by atoms with Gasteiger partial charge in [-0.05, 0) is 23.1 Å². The Labute approximate surface area is 103 Å². The number of hydrogen-bond donors (Lipinski definition) is 1. The van der Waals surface area contributed by atoms with E-state index in [1.54, 1.807) is 7.11 Å². The molecule has 0 aliphatic rings. The first kappa shape index (κ1) is 13.3. The summed E-state index contributed by atoms with van der Waals surface area (Å²) in [6.07, 6.45) is 0. The second-order valence-electron chi connectivity index (χ2n) is 4.75. The van der Waals surface area contributed by atoms with Crippen LogP contribution < -0.4 is 10.1 Å². The fourth-order valence-corrected chi connectivity index (χ4v) is 1.47. The molecular formula is C13H20ClNO. The second-order valence-corrected chi connectivity index (χ2v) is 5.02. The Morgan fingerprint density at radius 1 is 1.38 bits per heavy atom. The van der Waals surface area contributed by atoms with E-state index >= 15 is 0 Å². The lowest BCUT2D eigenvalue weighted by molar-refractivity contribution is 0.384. The molecule has 0 aliphatic heterocycles. The van der Waals surface area contributed by atoms with E-state index in [-0.39, 0.29) is 5.41 Å². The SMILES string of the molecule is COc1cccc(CNCC(C)(C)CCl)c1. The number of halogens is 1. The monoisotopic (exact) mass is 241 g/mol. The average molecular weight is 242 g/mol. The van der Waals surface area contributed by atoms with Gasteiger partial charge >= 0.3 is 0 Å². The topological polar surface area (TPSA) is 21.3 Å². The van der Waals surface area contributed by atoms with Crippen LogP contribution in [0.1, 0.15) is 19.4 Å². The van der Waals surface area contributed by atoms with Crippen LogP contribution in [0.2, 0.25) is 0 Å². The molecule has 0 radical (unpaired) electrons. The predicted molar refractivity (Wildman–Crippen MR) is 69.2 cm³/mol. The van der Waals surface area contributed by atoms with Crippen molar-refractivity contribution in [3.05, 3.63) is 29.8 Å². The Morgan fingerprint density at radius 2 is 2.12 bits per heavy atom. The van der Waals surface area contributed by atoms with Gasteiger partial charge in [-0.2, -0.15) is 0 Å². The van der Waals surface area contributed by atoms with Gasteiger partial charge in [0, 0.05) is 19.0 Å². The summed E-state index contributed by atoms with van der Waals surface area (Å²) in [4.78, 5) is 0. The van der Waals surface area contributed by atoms with Crippen molar-refractivity contribution in [3.63, 3.8) is 0 Å². The third kappa shape index (κ3) is 4.42. The van der Waals surface area contributed by atoms with E-state index in [0.717, 1.165) is 18.8 Å². The Morgan fingerprint density at radius 3 is 2.75 bits per heavy atom. The second kappa shape index (κ2) is 6.12. The number of methoxy groups -OCH3 is 1. The highest BCUT2D eigenvalue weighted by Crippen LogP contribution is 2.16. The van der Waals surface area contributed by atoms with Crippen LogP contribution >= 0.6 is 11.6 Å².